The van der Waals surface area contributed by atoms with Gasteiger partial charge in [0.2, 0.25) is 0 Å². The van der Waals surface area contributed by atoms with Gasteiger partial charge in [0.15, 0.2) is 5.82 Å². The van der Waals surface area contributed by atoms with Gasteiger partial charge in [0.25, 0.3) is 0 Å². The van der Waals surface area contributed by atoms with E-state index in [1.165, 1.54) is 19.3 Å². The molecule has 0 unspecified atom stereocenters. The molecule has 4 nitrogen and oxygen atoms in total. The summed E-state index contributed by atoms with van der Waals surface area (Å²) < 4.78 is 0. The minimum atomic E-state index is 0.0285. The van der Waals surface area contributed by atoms with Crippen LogP contribution in [0.2, 0.25) is 0 Å². The molecule has 0 aromatic carbocycles. The third-order valence-electron chi connectivity index (χ3n) is 3.93. The van der Waals surface area contributed by atoms with Crippen molar-refractivity contribution in [2.45, 2.75) is 37.5 Å². The molecule has 96 valence electrons. The van der Waals surface area contributed by atoms with Gasteiger partial charge < -0.3 is 5.73 Å². The van der Waals surface area contributed by atoms with E-state index in [9.17, 15) is 0 Å². The average Bonchev–Trinajstić information content (AvgIpc) is 3.10. The number of thiophene rings is 1. The molecule has 0 amide bonds. The third kappa shape index (κ3) is 1.97. The molecule has 0 aliphatic heterocycles. The highest BCUT2D eigenvalue weighted by atomic mass is 32.1. The van der Waals surface area contributed by atoms with Gasteiger partial charge in [-0.1, -0.05) is 25.3 Å². The summed E-state index contributed by atoms with van der Waals surface area (Å²) in [5.41, 5.74) is 6.04. The van der Waals surface area contributed by atoms with Crippen LogP contribution in [0.4, 0.5) is 0 Å². The molecule has 0 bridgehead atoms. The van der Waals surface area contributed by atoms with Crippen molar-refractivity contribution < 1.29 is 0 Å². The second-order valence-corrected chi connectivity index (χ2v) is 5.98. The monoisotopic (exact) mass is 262 g/mol. The number of aromatic nitrogens is 3. The maximum Gasteiger partial charge on any atom is 0.191 e. The van der Waals surface area contributed by atoms with E-state index in [0.717, 1.165) is 29.4 Å². The van der Waals surface area contributed by atoms with Crippen LogP contribution in [0.5, 0.6) is 0 Å². The van der Waals surface area contributed by atoms with Gasteiger partial charge in [0.1, 0.15) is 5.82 Å². The standard InChI is InChI=1S/C13H18N4S/c14-9-13(6-2-1-3-7-13)12-15-11(16-17-12)10-5-4-8-18-10/h4-5,8H,1-3,6-7,9,14H2,(H,15,16,17). The lowest BCUT2D eigenvalue weighted by molar-refractivity contribution is 0.286. The van der Waals surface area contributed by atoms with Crippen LogP contribution in [0, 0.1) is 0 Å². The van der Waals surface area contributed by atoms with Crippen molar-refractivity contribution in [2.24, 2.45) is 5.73 Å². The first-order valence-electron chi connectivity index (χ1n) is 6.51. The normalized spacial score (nSPS) is 18.9. The third-order valence-corrected chi connectivity index (χ3v) is 4.80. The molecule has 0 atom stereocenters. The quantitative estimate of drug-likeness (QED) is 0.893. The highest BCUT2D eigenvalue weighted by Gasteiger charge is 2.35. The largest absolute Gasteiger partial charge is 0.329 e. The molecule has 1 aliphatic carbocycles. The van der Waals surface area contributed by atoms with E-state index in [-0.39, 0.29) is 5.41 Å². The summed E-state index contributed by atoms with van der Waals surface area (Å²) >= 11 is 1.67. The van der Waals surface area contributed by atoms with Crippen LogP contribution in [0.3, 0.4) is 0 Å². The van der Waals surface area contributed by atoms with Crippen molar-refractivity contribution in [1.29, 1.82) is 0 Å². The predicted octanol–water partition coefficient (Wildman–Crippen LogP) is 2.69. The molecule has 1 saturated carbocycles. The van der Waals surface area contributed by atoms with Crippen molar-refractivity contribution in [3.63, 3.8) is 0 Å². The first kappa shape index (κ1) is 11.9. The van der Waals surface area contributed by atoms with E-state index < -0.39 is 0 Å². The minimum absolute atomic E-state index is 0.0285. The predicted molar refractivity (Wildman–Crippen MR) is 73.5 cm³/mol. The van der Waals surface area contributed by atoms with Gasteiger partial charge in [-0.3, -0.25) is 5.10 Å². The van der Waals surface area contributed by atoms with Gasteiger partial charge in [0.05, 0.1) is 4.88 Å². The lowest BCUT2D eigenvalue weighted by Crippen LogP contribution is -2.38. The Hall–Kier alpha value is -1.20. The van der Waals surface area contributed by atoms with Gasteiger partial charge in [-0.05, 0) is 24.3 Å². The highest BCUT2D eigenvalue weighted by Crippen LogP contribution is 2.37. The zero-order valence-electron chi connectivity index (χ0n) is 10.4. The molecule has 1 aliphatic rings. The topological polar surface area (TPSA) is 67.6 Å². The Kier molecular flexibility index (Phi) is 3.18. The molecule has 3 rings (SSSR count). The lowest BCUT2D eigenvalue weighted by atomic mass is 9.73. The molecule has 0 saturated heterocycles. The molecular formula is C13H18N4S. The molecule has 1 fully saturated rings. The summed E-state index contributed by atoms with van der Waals surface area (Å²) in [7, 11) is 0. The summed E-state index contributed by atoms with van der Waals surface area (Å²) in [4.78, 5) is 5.79. The maximum atomic E-state index is 6.01. The summed E-state index contributed by atoms with van der Waals surface area (Å²) in [5.74, 6) is 1.78. The Labute approximate surface area is 111 Å². The second kappa shape index (κ2) is 4.82. The molecule has 2 heterocycles. The lowest BCUT2D eigenvalue weighted by Gasteiger charge is -2.33. The van der Waals surface area contributed by atoms with Crippen LogP contribution in [-0.2, 0) is 5.41 Å². The number of nitrogens with one attached hydrogen (secondary N) is 1. The van der Waals surface area contributed by atoms with Crippen LogP contribution in [0.15, 0.2) is 17.5 Å². The molecular weight excluding hydrogens is 244 g/mol. The van der Waals surface area contributed by atoms with Crippen molar-refractivity contribution in [3.05, 3.63) is 23.3 Å². The zero-order valence-corrected chi connectivity index (χ0v) is 11.2. The average molecular weight is 262 g/mol. The van der Waals surface area contributed by atoms with Gasteiger partial charge in [-0.25, -0.2) is 4.98 Å². The fourth-order valence-electron chi connectivity index (χ4n) is 2.78. The fraction of sp³-hybridized carbons (Fsp3) is 0.538. The SMILES string of the molecule is NCC1(c2nc(-c3cccs3)n[nH]2)CCCCC1. The van der Waals surface area contributed by atoms with Crippen LogP contribution in [0.25, 0.3) is 10.7 Å². The number of H-pyrrole nitrogens is 1. The molecule has 0 radical (unpaired) electrons. The number of nitrogens with two attached hydrogens (primary N) is 1. The van der Waals surface area contributed by atoms with Crippen LogP contribution >= 0.6 is 11.3 Å². The number of rotatable bonds is 3. The van der Waals surface area contributed by atoms with E-state index in [1.54, 1.807) is 11.3 Å². The van der Waals surface area contributed by atoms with E-state index in [1.807, 2.05) is 17.5 Å². The summed E-state index contributed by atoms with van der Waals surface area (Å²) in [5, 5.41) is 9.51. The molecule has 2 aromatic rings. The van der Waals surface area contributed by atoms with Crippen molar-refractivity contribution in [3.8, 4) is 10.7 Å². The second-order valence-electron chi connectivity index (χ2n) is 5.03. The van der Waals surface area contributed by atoms with E-state index in [2.05, 4.69) is 15.2 Å². The molecule has 0 spiro atoms. The Bertz CT molecular complexity index is 497. The number of hydrogen-bond donors (Lipinski definition) is 2. The Morgan fingerprint density at radius 3 is 2.83 bits per heavy atom. The first-order valence-corrected chi connectivity index (χ1v) is 7.39. The van der Waals surface area contributed by atoms with E-state index in [4.69, 9.17) is 5.73 Å². The van der Waals surface area contributed by atoms with Crippen LogP contribution in [0.1, 0.15) is 37.9 Å². The highest BCUT2D eigenvalue weighted by molar-refractivity contribution is 7.13. The minimum Gasteiger partial charge on any atom is -0.329 e. The fourth-order valence-corrected chi connectivity index (χ4v) is 3.44. The van der Waals surface area contributed by atoms with Crippen molar-refractivity contribution in [1.82, 2.24) is 15.2 Å². The van der Waals surface area contributed by atoms with Gasteiger partial charge in [0, 0.05) is 12.0 Å². The first-order chi connectivity index (χ1) is 8.84. The summed E-state index contributed by atoms with van der Waals surface area (Å²) in [6, 6.07) is 4.07. The smallest absolute Gasteiger partial charge is 0.191 e. The Morgan fingerprint density at radius 1 is 1.33 bits per heavy atom. The van der Waals surface area contributed by atoms with Crippen LogP contribution in [-0.4, -0.2) is 21.7 Å². The molecule has 18 heavy (non-hydrogen) atoms. The Morgan fingerprint density at radius 2 is 2.17 bits per heavy atom. The molecule has 5 heteroatoms. The number of aromatic amines is 1. The molecule has 3 N–H and O–H groups in total. The summed E-state index contributed by atoms with van der Waals surface area (Å²) in [6.07, 6.45) is 6.05. The van der Waals surface area contributed by atoms with Gasteiger partial charge in [-0.2, -0.15) is 5.10 Å². The number of hydrogen-bond acceptors (Lipinski definition) is 4. The Balaban J connectivity index is 1.92. The molecule has 2 aromatic heterocycles. The van der Waals surface area contributed by atoms with Crippen molar-refractivity contribution >= 4 is 11.3 Å². The maximum absolute atomic E-state index is 6.01. The summed E-state index contributed by atoms with van der Waals surface area (Å²) in [6.45, 7) is 0.659. The van der Waals surface area contributed by atoms with Gasteiger partial charge >= 0.3 is 0 Å². The number of nitrogens with zero attached hydrogens (tertiary/aromatic N) is 2. The van der Waals surface area contributed by atoms with E-state index >= 15 is 0 Å². The van der Waals surface area contributed by atoms with Gasteiger partial charge in [-0.15, -0.1) is 11.3 Å². The zero-order chi connectivity index (χ0) is 12.4. The van der Waals surface area contributed by atoms with E-state index in [0.29, 0.717) is 6.54 Å². The van der Waals surface area contributed by atoms with Crippen molar-refractivity contribution in [2.75, 3.05) is 6.54 Å². The van der Waals surface area contributed by atoms with Crippen LogP contribution < -0.4 is 5.73 Å².